The van der Waals surface area contributed by atoms with E-state index in [9.17, 15) is 4.79 Å². The number of anilines is 1. The molecule has 1 atom stereocenters. The number of para-hydroxylation sites is 1. The molecule has 21 heavy (non-hydrogen) atoms. The number of nitrogens with two attached hydrogens (primary N) is 1. The van der Waals surface area contributed by atoms with Gasteiger partial charge < -0.3 is 15.8 Å². The molecule has 1 unspecified atom stereocenters. The van der Waals surface area contributed by atoms with Gasteiger partial charge in [-0.15, -0.1) is 11.3 Å². The molecule has 4 nitrogen and oxygen atoms in total. The fraction of sp³-hybridized carbons (Fsp3) is 0.312. The summed E-state index contributed by atoms with van der Waals surface area (Å²) in [6.45, 7) is 0.618. The molecular formula is C16H20N2O2S. The maximum Gasteiger partial charge on any atom is 0.241 e. The third-order valence-corrected chi connectivity index (χ3v) is 4.08. The van der Waals surface area contributed by atoms with E-state index in [1.54, 1.807) is 18.4 Å². The lowest BCUT2D eigenvalue weighted by molar-refractivity contribution is -0.117. The van der Waals surface area contributed by atoms with Crippen molar-refractivity contribution in [3.05, 3.63) is 41.8 Å². The molecule has 0 aliphatic heterocycles. The van der Waals surface area contributed by atoms with Gasteiger partial charge in [-0.05, 0) is 30.4 Å². The smallest absolute Gasteiger partial charge is 0.241 e. The Morgan fingerprint density at radius 1 is 1.33 bits per heavy atom. The normalized spacial score (nSPS) is 12.1. The minimum atomic E-state index is -0.517. The van der Waals surface area contributed by atoms with Crippen molar-refractivity contribution in [2.75, 3.05) is 19.0 Å². The summed E-state index contributed by atoms with van der Waals surface area (Å²) < 4.78 is 4.97. The van der Waals surface area contributed by atoms with Crippen LogP contribution in [0.2, 0.25) is 0 Å². The van der Waals surface area contributed by atoms with Gasteiger partial charge in [0.05, 0.1) is 6.04 Å². The first-order valence-corrected chi connectivity index (χ1v) is 7.78. The van der Waals surface area contributed by atoms with Gasteiger partial charge in [-0.25, -0.2) is 0 Å². The van der Waals surface area contributed by atoms with E-state index in [0.717, 1.165) is 22.5 Å². The summed E-state index contributed by atoms with van der Waals surface area (Å²) in [6.07, 6.45) is 1.39. The molecule has 0 aliphatic rings. The largest absolute Gasteiger partial charge is 0.385 e. The van der Waals surface area contributed by atoms with Gasteiger partial charge in [0.1, 0.15) is 0 Å². The highest BCUT2D eigenvalue weighted by molar-refractivity contribution is 7.13. The molecule has 0 saturated carbocycles. The second-order valence-electron chi connectivity index (χ2n) is 4.75. The van der Waals surface area contributed by atoms with Crippen LogP contribution in [0.3, 0.4) is 0 Å². The van der Waals surface area contributed by atoms with Crippen molar-refractivity contribution in [1.29, 1.82) is 0 Å². The van der Waals surface area contributed by atoms with E-state index in [1.807, 2.05) is 41.8 Å². The van der Waals surface area contributed by atoms with E-state index < -0.39 is 6.04 Å². The highest BCUT2D eigenvalue weighted by Gasteiger charge is 2.15. The Morgan fingerprint density at radius 2 is 2.14 bits per heavy atom. The van der Waals surface area contributed by atoms with Crippen molar-refractivity contribution in [2.45, 2.75) is 18.9 Å². The molecular weight excluding hydrogens is 284 g/mol. The zero-order chi connectivity index (χ0) is 15.1. The number of hydrogen-bond donors (Lipinski definition) is 2. The lowest BCUT2D eigenvalue weighted by Crippen LogP contribution is -2.35. The Bertz CT molecular complexity index is 569. The van der Waals surface area contributed by atoms with Crippen LogP contribution in [0.15, 0.2) is 41.8 Å². The summed E-state index contributed by atoms with van der Waals surface area (Å²) >= 11 is 1.64. The van der Waals surface area contributed by atoms with Crippen molar-refractivity contribution >= 4 is 22.9 Å². The minimum Gasteiger partial charge on any atom is -0.385 e. The average molecular weight is 304 g/mol. The molecule has 0 spiro atoms. The van der Waals surface area contributed by atoms with E-state index in [-0.39, 0.29) is 5.91 Å². The highest BCUT2D eigenvalue weighted by atomic mass is 32.1. The van der Waals surface area contributed by atoms with Gasteiger partial charge in [0.15, 0.2) is 0 Å². The van der Waals surface area contributed by atoms with Gasteiger partial charge in [0, 0.05) is 29.8 Å². The summed E-state index contributed by atoms with van der Waals surface area (Å²) in [7, 11) is 1.64. The number of rotatable bonds is 7. The Morgan fingerprint density at radius 3 is 2.86 bits per heavy atom. The van der Waals surface area contributed by atoms with E-state index in [0.29, 0.717) is 13.0 Å². The van der Waals surface area contributed by atoms with Gasteiger partial charge >= 0.3 is 0 Å². The summed E-state index contributed by atoms with van der Waals surface area (Å²) in [5.74, 6) is -0.157. The SMILES string of the molecule is COCCCC(N)C(=O)Nc1ccccc1-c1cccs1. The Labute approximate surface area is 128 Å². The number of hydrogen-bond acceptors (Lipinski definition) is 4. The van der Waals surface area contributed by atoms with E-state index in [1.165, 1.54) is 0 Å². The van der Waals surface area contributed by atoms with Gasteiger partial charge in [-0.2, -0.15) is 0 Å². The Kier molecular flexibility index (Phi) is 5.92. The predicted molar refractivity (Wildman–Crippen MR) is 87.5 cm³/mol. The first-order valence-electron chi connectivity index (χ1n) is 6.90. The lowest BCUT2D eigenvalue weighted by Gasteiger charge is -2.14. The van der Waals surface area contributed by atoms with Crippen molar-refractivity contribution in [1.82, 2.24) is 0 Å². The van der Waals surface area contributed by atoms with E-state index in [2.05, 4.69) is 5.32 Å². The van der Waals surface area contributed by atoms with Gasteiger partial charge in [-0.3, -0.25) is 4.79 Å². The molecule has 0 bridgehead atoms. The van der Waals surface area contributed by atoms with Gasteiger partial charge in [-0.1, -0.05) is 24.3 Å². The number of ether oxygens (including phenoxy) is 1. The van der Waals surface area contributed by atoms with Crippen LogP contribution in [0.4, 0.5) is 5.69 Å². The summed E-state index contributed by atoms with van der Waals surface area (Å²) in [4.78, 5) is 13.3. The number of benzene rings is 1. The van der Waals surface area contributed by atoms with Gasteiger partial charge in [0.2, 0.25) is 5.91 Å². The summed E-state index contributed by atoms with van der Waals surface area (Å²) in [6, 6.07) is 11.3. The molecule has 1 aromatic heterocycles. The second kappa shape index (κ2) is 7.93. The van der Waals surface area contributed by atoms with Crippen LogP contribution < -0.4 is 11.1 Å². The number of nitrogens with one attached hydrogen (secondary N) is 1. The average Bonchev–Trinajstić information content (AvgIpc) is 3.02. The van der Waals surface area contributed by atoms with E-state index >= 15 is 0 Å². The summed E-state index contributed by atoms with van der Waals surface area (Å²) in [5, 5.41) is 4.95. The molecule has 5 heteroatoms. The zero-order valence-electron chi connectivity index (χ0n) is 12.0. The molecule has 0 aliphatic carbocycles. The fourth-order valence-electron chi connectivity index (χ4n) is 2.04. The fourth-order valence-corrected chi connectivity index (χ4v) is 2.81. The monoisotopic (exact) mass is 304 g/mol. The number of amides is 1. The number of carbonyl (C=O) groups is 1. The van der Waals surface area contributed by atoms with Gasteiger partial charge in [0.25, 0.3) is 0 Å². The third-order valence-electron chi connectivity index (χ3n) is 3.17. The van der Waals surface area contributed by atoms with Crippen LogP contribution in [-0.4, -0.2) is 25.7 Å². The van der Waals surface area contributed by atoms with Crippen molar-refractivity contribution in [3.8, 4) is 10.4 Å². The molecule has 2 aromatic rings. The second-order valence-corrected chi connectivity index (χ2v) is 5.70. The molecule has 0 fully saturated rings. The van der Waals surface area contributed by atoms with Crippen molar-refractivity contribution in [3.63, 3.8) is 0 Å². The molecule has 1 amide bonds. The number of carbonyl (C=O) groups excluding carboxylic acids is 1. The maximum absolute atomic E-state index is 12.2. The maximum atomic E-state index is 12.2. The first-order chi connectivity index (χ1) is 10.2. The molecule has 1 heterocycles. The summed E-state index contributed by atoms with van der Waals surface area (Å²) in [5.41, 5.74) is 7.73. The third kappa shape index (κ3) is 4.39. The predicted octanol–water partition coefficient (Wildman–Crippen LogP) is 3.11. The lowest BCUT2D eigenvalue weighted by atomic mass is 10.1. The van der Waals surface area contributed by atoms with Crippen LogP contribution >= 0.6 is 11.3 Å². The molecule has 112 valence electrons. The van der Waals surface area contributed by atoms with Crippen LogP contribution in [-0.2, 0) is 9.53 Å². The topological polar surface area (TPSA) is 64.3 Å². The Hall–Kier alpha value is -1.69. The first kappa shape index (κ1) is 15.7. The van der Waals surface area contributed by atoms with Crippen LogP contribution in [0.1, 0.15) is 12.8 Å². The van der Waals surface area contributed by atoms with Crippen molar-refractivity contribution < 1.29 is 9.53 Å². The molecule has 3 N–H and O–H groups in total. The molecule has 0 saturated heterocycles. The van der Waals surface area contributed by atoms with E-state index in [4.69, 9.17) is 10.5 Å². The number of thiophene rings is 1. The minimum absolute atomic E-state index is 0.157. The molecule has 0 radical (unpaired) electrons. The zero-order valence-corrected chi connectivity index (χ0v) is 12.9. The highest BCUT2D eigenvalue weighted by Crippen LogP contribution is 2.31. The number of methoxy groups -OCH3 is 1. The van der Waals surface area contributed by atoms with Crippen LogP contribution in [0.25, 0.3) is 10.4 Å². The quantitative estimate of drug-likeness (QED) is 0.773. The van der Waals surface area contributed by atoms with Crippen molar-refractivity contribution in [2.24, 2.45) is 5.73 Å². The standard InChI is InChI=1S/C16H20N2O2S/c1-20-10-4-7-13(17)16(19)18-14-8-3-2-6-12(14)15-9-5-11-21-15/h2-3,5-6,8-9,11,13H,4,7,10,17H2,1H3,(H,18,19). The molecule has 1 aromatic carbocycles. The van der Waals surface area contributed by atoms with Crippen LogP contribution in [0, 0.1) is 0 Å². The molecule has 2 rings (SSSR count). The van der Waals surface area contributed by atoms with Crippen LogP contribution in [0.5, 0.6) is 0 Å². The Balaban J connectivity index is 2.04.